The molecule has 1 atom stereocenters. The molecule has 0 aromatic heterocycles. The van der Waals surface area contributed by atoms with Crippen LogP contribution in [0.25, 0.3) is 0 Å². The number of ether oxygens (including phenoxy) is 2. The Hall–Kier alpha value is -0.860. The second kappa shape index (κ2) is 11.1. The molecule has 1 fully saturated rings. The van der Waals surface area contributed by atoms with Crippen LogP contribution < -0.4 is 4.74 Å². The van der Waals surface area contributed by atoms with Gasteiger partial charge in [0.15, 0.2) is 0 Å². The average molecular weight is 428 g/mol. The highest BCUT2D eigenvalue weighted by Crippen LogP contribution is 2.31. The molecule has 0 amide bonds. The van der Waals surface area contributed by atoms with Crippen LogP contribution in [-0.4, -0.2) is 51.9 Å². The average Bonchev–Trinajstić information content (AvgIpc) is 2.54. The van der Waals surface area contributed by atoms with Crippen molar-refractivity contribution in [2.45, 2.75) is 44.0 Å². The Morgan fingerprint density at radius 2 is 1.81 bits per heavy atom. The van der Waals surface area contributed by atoms with Crippen molar-refractivity contribution in [2.24, 2.45) is 0 Å². The second-order valence-electron chi connectivity index (χ2n) is 6.06. The van der Waals surface area contributed by atoms with E-state index in [1.807, 2.05) is 0 Å². The summed E-state index contributed by atoms with van der Waals surface area (Å²) < 4.78 is 38.5. The number of hydrogen-bond acceptors (Lipinski definition) is 5. The third kappa shape index (κ3) is 5.57. The van der Waals surface area contributed by atoms with Crippen LogP contribution in [0, 0.1) is 13.8 Å². The fourth-order valence-corrected chi connectivity index (χ4v) is 5.36. The van der Waals surface area contributed by atoms with Crippen molar-refractivity contribution in [3.63, 3.8) is 0 Å². The first-order valence-corrected chi connectivity index (χ1v) is 9.54. The number of rotatable bonds is 7. The quantitative estimate of drug-likeness (QED) is 0.493. The topological polar surface area (TPSA) is 72.9 Å². The number of halogens is 2. The van der Waals surface area contributed by atoms with Crippen LogP contribution in [0.15, 0.2) is 17.0 Å². The summed E-state index contributed by atoms with van der Waals surface area (Å²) in [6.07, 6.45) is 3.21. The zero-order chi connectivity index (χ0) is 17.7. The Bertz CT molecular complexity index is 673. The molecule has 1 heterocycles. The maximum absolute atomic E-state index is 13.2. The van der Waals surface area contributed by atoms with Crippen molar-refractivity contribution in [3.05, 3.63) is 23.3 Å². The summed E-state index contributed by atoms with van der Waals surface area (Å²) in [5, 5.41) is 0. The van der Waals surface area contributed by atoms with Gasteiger partial charge in [-0.25, -0.2) is 8.42 Å². The van der Waals surface area contributed by atoms with E-state index >= 15 is 0 Å². The monoisotopic (exact) mass is 427 g/mol. The van der Waals surface area contributed by atoms with Crippen molar-refractivity contribution in [2.75, 3.05) is 26.9 Å². The highest BCUT2D eigenvalue weighted by atomic mass is 35.5. The lowest BCUT2D eigenvalue weighted by atomic mass is 10.1. The molecule has 0 radical (unpaired) electrons. The number of piperidine rings is 1. The molecule has 26 heavy (non-hydrogen) atoms. The molecule has 2 rings (SSSR count). The fourth-order valence-electron chi connectivity index (χ4n) is 3.26. The second-order valence-corrected chi connectivity index (χ2v) is 7.89. The van der Waals surface area contributed by atoms with E-state index in [1.54, 1.807) is 33.1 Å². The highest BCUT2D eigenvalue weighted by Gasteiger charge is 2.35. The minimum atomic E-state index is -3.63. The van der Waals surface area contributed by atoms with Gasteiger partial charge in [0, 0.05) is 12.6 Å². The Morgan fingerprint density at radius 1 is 1.19 bits per heavy atom. The van der Waals surface area contributed by atoms with Crippen molar-refractivity contribution in [3.8, 4) is 5.75 Å². The SMILES string of the molecule is COc1cc(C)c(S(=O)(=O)N2CCCCC2COCC=O)c(C)c1.Cl.Cl. The maximum atomic E-state index is 13.2. The van der Waals surface area contributed by atoms with Crippen LogP contribution in [0.5, 0.6) is 5.75 Å². The molecule has 1 aliphatic rings. The lowest BCUT2D eigenvalue weighted by molar-refractivity contribution is -0.112. The predicted octanol–water partition coefficient (Wildman–Crippen LogP) is 2.91. The summed E-state index contributed by atoms with van der Waals surface area (Å²) in [6.45, 7) is 4.27. The molecule has 150 valence electrons. The Morgan fingerprint density at radius 3 is 2.35 bits per heavy atom. The number of carbonyl (C=O) groups excluding carboxylic acids is 1. The fraction of sp³-hybridized carbons (Fsp3) is 0.588. The molecule has 0 aliphatic carbocycles. The highest BCUT2D eigenvalue weighted by molar-refractivity contribution is 7.89. The standard InChI is InChI=1S/C17H25NO5S.2ClH/c1-13-10-16(22-3)11-14(2)17(13)24(20,21)18-7-5-4-6-15(18)12-23-9-8-19;;/h8,10-11,15H,4-7,9,12H2,1-3H3;2*1H. The maximum Gasteiger partial charge on any atom is 0.243 e. The third-order valence-corrected chi connectivity index (χ3v) is 6.56. The van der Waals surface area contributed by atoms with Gasteiger partial charge in [-0.05, 0) is 49.9 Å². The summed E-state index contributed by atoms with van der Waals surface area (Å²) in [5.41, 5.74) is 1.34. The van der Waals surface area contributed by atoms with E-state index in [-0.39, 0.29) is 44.1 Å². The molecular weight excluding hydrogens is 401 g/mol. The van der Waals surface area contributed by atoms with E-state index in [0.717, 1.165) is 19.3 Å². The zero-order valence-electron chi connectivity index (χ0n) is 15.3. The molecule has 0 spiro atoms. The van der Waals surface area contributed by atoms with E-state index < -0.39 is 10.0 Å². The number of sulfonamides is 1. The Labute approximate surface area is 168 Å². The van der Waals surface area contributed by atoms with Gasteiger partial charge in [-0.1, -0.05) is 6.42 Å². The first-order valence-electron chi connectivity index (χ1n) is 8.10. The lowest BCUT2D eigenvalue weighted by Gasteiger charge is -2.35. The van der Waals surface area contributed by atoms with Gasteiger partial charge in [0.1, 0.15) is 18.6 Å². The van der Waals surface area contributed by atoms with E-state index in [2.05, 4.69) is 0 Å². The summed E-state index contributed by atoms with van der Waals surface area (Å²) in [4.78, 5) is 10.8. The van der Waals surface area contributed by atoms with Crippen LogP contribution >= 0.6 is 24.8 Å². The number of hydrogen-bond donors (Lipinski definition) is 0. The van der Waals surface area contributed by atoms with Gasteiger partial charge in [-0.2, -0.15) is 4.31 Å². The summed E-state index contributed by atoms with van der Waals surface area (Å²) in [6, 6.07) is 3.24. The number of methoxy groups -OCH3 is 1. The Balaban J connectivity index is 0.00000312. The molecule has 1 aromatic rings. The smallest absolute Gasteiger partial charge is 0.243 e. The van der Waals surface area contributed by atoms with E-state index in [1.165, 1.54) is 4.31 Å². The van der Waals surface area contributed by atoms with Crippen molar-refractivity contribution in [1.29, 1.82) is 0 Å². The van der Waals surface area contributed by atoms with Gasteiger partial charge in [0.05, 0.1) is 18.6 Å². The van der Waals surface area contributed by atoms with Crippen LogP contribution in [0.4, 0.5) is 0 Å². The van der Waals surface area contributed by atoms with Gasteiger partial charge < -0.3 is 14.3 Å². The largest absolute Gasteiger partial charge is 0.497 e. The first-order chi connectivity index (χ1) is 11.4. The third-order valence-electron chi connectivity index (χ3n) is 4.31. The number of carbonyl (C=O) groups is 1. The number of nitrogens with zero attached hydrogens (tertiary/aromatic N) is 1. The molecular formula is C17H27Cl2NO5S. The number of benzene rings is 1. The molecule has 1 aromatic carbocycles. The van der Waals surface area contributed by atoms with Crippen LogP contribution in [0.1, 0.15) is 30.4 Å². The van der Waals surface area contributed by atoms with Crippen molar-refractivity contribution in [1.82, 2.24) is 4.31 Å². The normalized spacial score (nSPS) is 17.7. The van der Waals surface area contributed by atoms with Gasteiger partial charge >= 0.3 is 0 Å². The summed E-state index contributed by atoms with van der Waals surface area (Å²) in [7, 11) is -2.06. The molecule has 1 aliphatic heterocycles. The molecule has 6 nitrogen and oxygen atoms in total. The van der Waals surface area contributed by atoms with Gasteiger partial charge in [-0.3, -0.25) is 0 Å². The molecule has 1 saturated heterocycles. The van der Waals surface area contributed by atoms with Crippen LogP contribution in [0.3, 0.4) is 0 Å². The van der Waals surface area contributed by atoms with Crippen LogP contribution in [-0.2, 0) is 19.6 Å². The van der Waals surface area contributed by atoms with Gasteiger partial charge in [0.2, 0.25) is 10.0 Å². The summed E-state index contributed by atoms with van der Waals surface area (Å²) in [5.74, 6) is 0.647. The predicted molar refractivity (Wildman–Crippen MR) is 105 cm³/mol. The van der Waals surface area contributed by atoms with Crippen molar-refractivity contribution >= 4 is 41.1 Å². The van der Waals surface area contributed by atoms with E-state index in [0.29, 0.717) is 34.6 Å². The van der Waals surface area contributed by atoms with Gasteiger partial charge in [-0.15, -0.1) is 24.8 Å². The molecule has 9 heteroatoms. The zero-order valence-corrected chi connectivity index (χ0v) is 17.7. The minimum absolute atomic E-state index is 0. The molecule has 0 bridgehead atoms. The molecule has 0 N–H and O–H groups in total. The van der Waals surface area contributed by atoms with Gasteiger partial charge in [0.25, 0.3) is 0 Å². The lowest BCUT2D eigenvalue weighted by Crippen LogP contribution is -2.46. The number of aryl methyl sites for hydroxylation is 2. The van der Waals surface area contributed by atoms with E-state index in [9.17, 15) is 13.2 Å². The van der Waals surface area contributed by atoms with E-state index in [4.69, 9.17) is 9.47 Å². The molecule has 0 saturated carbocycles. The van der Waals surface area contributed by atoms with Crippen molar-refractivity contribution < 1.29 is 22.7 Å². The molecule has 1 unspecified atom stereocenters. The first kappa shape index (κ1) is 25.1. The van der Waals surface area contributed by atoms with Crippen LogP contribution in [0.2, 0.25) is 0 Å². The Kier molecular flexibility index (Phi) is 10.7. The number of aldehydes is 1. The minimum Gasteiger partial charge on any atom is -0.497 e. The summed E-state index contributed by atoms with van der Waals surface area (Å²) >= 11 is 0.